The van der Waals surface area contributed by atoms with Crippen molar-refractivity contribution in [2.45, 2.75) is 17.4 Å². The lowest BCUT2D eigenvalue weighted by Crippen LogP contribution is -2.53. The first-order chi connectivity index (χ1) is 14.7. The average molecular weight is 592 g/mol. The number of carbonyl (C=O) groups excluding carboxylic acids is 2. The Hall–Kier alpha value is -1.30. The van der Waals surface area contributed by atoms with Crippen LogP contribution >= 0.6 is 43.5 Å². The summed E-state index contributed by atoms with van der Waals surface area (Å²) in [5, 5.41) is 0.444. The fraction of sp³-hybridized carbons (Fsp3) is 0.300. The predicted octanol–water partition coefficient (Wildman–Crippen LogP) is 3.50. The fourth-order valence-electron chi connectivity index (χ4n) is 3.86. The van der Waals surface area contributed by atoms with Crippen LogP contribution in [-0.4, -0.2) is 61.7 Å². The Morgan fingerprint density at radius 2 is 1.68 bits per heavy atom. The van der Waals surface area contributed by atoms with E-state index in [1.165, 1.54) is 4.31 Å². The van der Waals surface area contributed by atoms with E-state index in [9.17, 15) is 18.0 Å². The number of hydrogen-bond donors (Lipinski definition) is 0. The van der Waals surface area contributed by atoms with E-state index in [1.54, 1.807) is 42.5 Å². The smallest absolute Gasteiger partial charge is 0.251 e. The summed E-state index contributed by atoms with van der Waals surface area (Å²) in [5.41, 5.74) is 0.450. The van der Waals surface area contributed by atoms with Gasteiger partial charge < -0.3 is 0 Å². The highest BCUT2D eigenvalue weighted by Gasteiger charge is 2.44. The second kappa shape index (κ2) is 8.92. The number of rotatable bonds is 4. The number of halogens is 3. The molecule has 2 fully saturated rings. The predicted molar refractivity (Wildman–Crippen MR) is 125 cm³/mol. The number of sulfonamides is 1. The Kier molecular flexibility index (Phi) is 6.58. The molecule has 0 bridgehead atoms. The van der Waals surface area contributed by atoms with Crippen LogP contribution in [0.4, 0.5) is 5.69 Å². The van der Waals surface area contributed by atoms with E-state index in [2.05, 4.69) is 31.9 Å². The molecule has 2 heterocycles. The third kappa shape index (κ3) is 4.46. The Morgan fingerprint density at radius 1 is 0.968 bits per heavy atom. The molecule has 7 nitrogen and oxygen atoms in total. The summed E-state index contributed by atoms with van der Waals surface area (Å²) in [6.07, 6.45) is 0.0648. The molecule has 1 atom stereocenters. The first-order valence-electron chi connectivity index (χ1n) is 9.50. The Morgan fingerprint density at radius 3 is 2.35 bits per heavy atom. The molecule has 31 heavy (non-hydrogen) atoms. The standard InChI is InChI=1S/C20H18Br2ClN3O4S/c21-13-4-5-16(22)18(10-13)31(29,30)25-8-6-24(7-9-25)17-12-19(27)26(20(17)28)15-3-1-2-14(23)11-15/h1-5,10-11,17H,6-9,12H2. The van der Waals surface area contributed by atoms with Crippen LogP contribution in [0.15, 0.2) is 56.3 Å². The molecule has 2 aliphatic rings. The number of piperazine rings is 1. The maximum absolute atomic E-state index is 13.1. The van der Waals surface area contributed by atoms with Crippen molar-refractivity contribution in [1.29, 1.82) is 0 Å². The van der Waals surface area contributed by atoms with Crippen molar-refractivity contribution in [3.63, 3.8) is 0 Å². The quantitative estimate of drug-likeness (QED) is 0.509. The number of benzene rings is 2. The molecule has 0 aromatic heterocycles. The van der Waals surface area contributed by atoms with Crippen LogP contribution in [-0.2, 0) is 19.6 Å². The molecule has 2 aromatic rings. The highest BCUT2D eigenvalue weighted by Crippen LogP contribution is 2.31. The zero-order chi connectivity index (χ0) is 22.3. The summed E-state index contributed by atoms with van der Waals surface area (Å²) in [5.74, 6) is -0.594. The summed E-state index contributed by atoms with van der Waals surface area (Å²) >= 11 is 12.6. The zero-order valence-corrected chi connectivity index (χ0v) is 20.9. The minimum Gasteiger partial charge on any atom is -0.289 e. The Labute approximate surface area is 202 Å². The Bertz CT molecular complexity index is 1150. The number of amides is 2. The molecule has 11 heteroatoms. The third-order valence-electron chi connectivity index (χ3n) is 5.41. The van der Waals surface area contributed by atoms with Gasteiger partial charge in [-0.1, -0.05) is 33.6 Å². The highest BCUT2D eigenvalue weighted by atomic mass is 79.9. The van der Waals surface area contributed by atoms with E-state index >= 15 is 0 Å². The van der Waals surface area contributed by atoms with Crippen molar-refractivity contribution in [2.75, 3.05) is 31.1 Å². The van der Waals surface area contributed by atoms with E-state index < -0.39 is 16.1 Å². The Balaban J connectivity index is 1.47. The van der Waals surface area contributed by atoms with Gasteiger partial charge in [0.2, 0.25) is 15.9 Å². The van der Waals surface area contributed by atoms with Crippen molar-refractivity contribution in [1.82, 2.24) is 9.21 Å². The van der Waals surface area contributed by atoms with Gasteiger partial charge in [0, 0.05) is 40.1 Å². The lowest BCUT2D eigenvalue weighted by molar-refractivity contribution is -0.123. The van der Waals surface area contributed by atoms with Crippen LogP contribution in [0.1, 0.15) is 6.42 Å². The normalized spacial score (nSPS) is 21.1. The van der Waals surface area contributed by atoms with Crippen LogP contribution < -0.4 is 4.90 Å². The van der Waals surface area contributed by atoms with Gasteiger partial charge in [-0.2, -0.15) is 4.31 Å². The van der Waals surface area contributed by atoms with Crippen molar-refractivity contribution < 1.29 is 18.0 Å². The number of anilines is 1. The summed E-state index contributed by atoms with van der Waals surface area (Å²) < 4.78 is 28.7. The molecule has 164 valence electrons. The van der Waals surface area contributed by atoms with E-state index in [1.807, 2.05) is 4.90 Å². The molecule has 2 aliphatic heterocycles. The summed E-state index contributed by atoms with van der Waals surface area (Å²) in [7, 11) is -3.69. The molecular formula is C20H18Br2ClN3O4S. The minimum absolute atomic E-state index is 0.0648. The third-order valence-corrected chi connectivity index (χ3v) is 9.04. The van der Waals surface area contributed by atoms with Crippen LogP contribution in [0.5, 0.6) is 0 Å². The second-order valence-corrected chi connectivity index (χ2v) is 11.4. The van der Waals surface area contributed by atoms with Gasteiger partial charge in [0.15, 0.2) is 0 Å². The first kappa shape index (κ1) is 22.9. The molecule has 0 spiro atoms. The summed E-state index contributed by atoms with van der Waals surface area (Å²) in [6, 6.07) is 11.0. The minimum atomic E-state index is -3.69. The summed E-state index contributed by atoms with van der Waals surface area (Å²) in [4.78, 5) is 28.8. The highest BCUT2D eigenvalue weighted by molar-refractivity contribution is 9.11. The van der Waals surface area contributed by atoms with Crippen LogP contribution in [0.25, 0.3) is 0 Å². The van der Waals surface area contributed by atoms with E-state index in [0.29, 0.717) is 32.7 Å². The molecule has 0 aliphatic carbocycles. The maximum atomic E-state index is 13.1. The number of carbonyl (C=O) groups is 2. The SMILES string of the molecule is O=C1CC(N2CCN(S(=O)(=O)c3cc(Br)ccc3Br)CC2)C(=O)N1c1cccc(Cl)c1. The van der Waals surface area contributed by atoms with Gasteiger partial charge >= 0.3 is 0 Å². The number of hydrogen-bond acceptors (Lipinski definition) is 5. The van der Waals surface area contributed by atoms with Crippen molar-refractivity contribution in [3.8, 4) is 0 Å². The average Bonchev–Trinajstić information content (AvgIpc) is 3.03. The van der Waals surface area contributed by atoms with E-state index in [0.717, 1.165) is 4.90 Å². The van der Waals surface area contributed by atoms with Gasteiger partial charge in [-0.15, -0.1) is 0 Å². The lowest BCUT2D eigenvalue weighted by Gasteiger charge is -2.36. The monoisotopic (exact) mass is 589 g/mol. The first-order valence-corrected chi connectivity index (χ1v) is 12.9. The van der Waals surface area contributed by atoms with Crippen molar-refractivity contribution >= 4 is 71.0 Å². The van der Waals surface area contributed by atoms with E-state index in [-0.39, 0.29) is 36.2 Å². The molecule has 0 radical (unpaired) electrons. The van der Waals surface area contributed by atoms with Crippen LogP contribution in [0.3, 0.4) is 0 Å². The van der Waals surface area contributed by atoms with Crippen LogP contribution in [0, 0.1) is 0 Å². The molecule has 4 rings (SSSR count). The summed E-state index contributed by atoms with van der Waals surface area (Å²) in [6.45, 7) is 1.18. The molecule has 2 aromatic carbocycles. The topological polar surface area (TPSA) is 78.0 Å². The molecule has 2 amide bonds. The largest absolute Gasteiger partial charge is 0.289 e. The van der Waals surface area contributed by atoms with Gasteiger partial charge in [0.25, 0.3) is 5.91 Å². The van der Waals surface area contributed by atoms with Gasteiger partial charge in [-0.05, 0) is 52.3 Å². The molecule has 0 N–H and O–H groups in total. The molecule has 0 saturated carbocycles. The fourth-order valence-corrected chi connectivity index (χ4v) is 6.93. The van der Waals surface area contributed by atoms with Gasteiger partial charge in [-0.3, -0.25) is 14.5 Å². The number of nitrogens with zero attached hydrogens (tertiary/aromatic N) is 3. The van der Waals surface area contributed by atoms with E-state index in [4.69, 9.17) is 11.6 Å². The van der Waals surface area contributed by atoms with Gasteiger partial charge in [-0.25, -0.2) is 13.3 Å². The number of imide groups is 1. The molecule has 1 unspecified atom stereocenters. The van der Waals surface area contributed by atoms with Crippen molar-refractivity contribution in [2.24, 2.45) is 0 Å². The molecule has 2 saturated heterocycles. The zero-order valence-electron chi connectivity index (χ0n) is 16.2. The van der Waals surface area contributed by atoms with Gasteiger partial charge in [0.1, 0.15) is 0 Å². The molecular weight excluding hydrogens is 574 g/mol. The van der Waals surface area contributed by atoms with Gasteiger partial charge in [0.05, 0.1) is 23.0 Å². The maximum Gasteiger partial charge on any atom is 0.251 e. The lowest BCUT2D eigenvalue weighted by atomic mass is 10.2. The van der Waals surface area contributed by atoms with Crippen LogP contribution in [0.2, 0.25) is 5.02 Å². The second-order valence-electron chi connectivity index (χ2n) is 7.28. The van der Waals surface area contributed by atoms with Crippen molar-refractivity contribution in [3.05, 3.63) is 56.4 Å².